The van der Waals surface area contributed by atoms with Crippen LogP contribution in [0.15, 0.2) is 459 Å². The van der Waals surface area contributed by atoms with Gasteiger partial charge in [0.05, 0.1) is 22.7 Å². The van der Waals surface area contributed by atoms with Gasteiger partial charge in [0.2, 0.25) is 0 Å². The average molecular weight is 1670 g/mol. The van der Waals surface area contributed by atoms with Crippen LogP contribution < -0.4 is 29.1 Å². The Morgan fingerprint density at radius 3 is 1.00 bits per heavy atom. The molecule has 3 heterocycles. The Morgan fingerprint density at radius 1 is 0.185 bits per heavy atom. The molecule has 614 valence electrons. The molecule has 0 amide bonds. The van der Waals surface area contributed by atoms with Crippen molar-refractivity contribution in [1.29, 1.82) is 0 Å². The van der Waals surface area contributed by atoms with Crippen LogP contribution >= 0.6 is 0 Å². The third kappa shape index (κ3) is 13.2. The number of hydrogen-bond acceptors (Lipinski definition) is 7. The molecule has 25 rings (SSSR count). The summed E-state index contributed by atoms with van der Waals surface area (Å²) in [6, 6.07) is 163. The maximum atomic E-state index is 7.07. The molecule has 0 unspecified atom stereocenters. The summed E-state index contributed by atoms with van der Waals surface area (Å²) in [5.41, 5.74) is 29.9. The van der Waals surface area contributed by atoms with E-state index in [9.17, 15) is 0 Å². The van der Waals surface area contributed by atoms with Gasteiger partial charge < -0.3 is 33.5 Å². The van der Waals surface area contributed by atoms with Gasteiger partial charge in [-0.2, -0.15) is 0 Å². The van der Waals surface area contributed by atoms with E-state index in [1.54, 1.807) is 0 Å². The van der Waals surface area contributed by atoms with Gasteiger partial charge in [-0.1, -0.05) is 285 Å². The molecule has 0 fully saturated rings. The molecule has 0 radical (unpaired) electrons. The molecule has 0 bridgehead atoms. The fraction of sp³-hybridized carbons (Fsp3) is 0.0244. The number of aryl methyl sites for hydroxylation is 3. The van der Waals surface area contributed by atoms with Gasteiger partial charge in [-0.05, 0) is 288 Å². The molecular weight excluding hydrogens is 1580 g/mol. The second-order valence-corrected chi connectivity index (χ2v) is 33.9. The van der Waals surface area contributed by atoms with Gasteiger partial charge in [-0.25, -0.2) is 0 Å². The molecule has 7 heteroatoms. The van der Waals surface area contributed by atoms with Crippen LogP contribution in [0.5, 0.6) is 23.0 Å². The van der Waals surface area contributed by atoms with Crippen molar-refractivity contribution in [1.82, 2.24) is 0 Å². The lowest BCUT2D eigenvalue weighted by Crippen LogP contribution is -2.13. The monoisotopic (exact) mass is 1660 g/mol. The quantitative estimate of drug-likeness (QED) is 0.0948. The van der Waals surface area contributed by atoms with Gasteiger partial charge in [-0.15, -0.1) is 0 Å². The molecule has 22 aromatic carbocycles. The Bertz CT molecular complexity index is 8270. The van der Waals surface area contributed by atoms with Crippen LogP contribution in [0.3, 0.4) is 0 Å². The lowest BCUT2D eigenvalue weighted by atomic mass is 9.86. The van der Waals surface area contributed by atoms with Crippen LogP contribution in [-0.4, -0.2) is 0 Å². The Morgan fingerprint density at radius 2 is 0.523 bits per heavy atom. The number of benzene rings is 22. The number of fused-ring (bicyclic) bond motifs is 15. The second kappa shape index (κ2) is 31.9. The van der Waals surface area contributed by atoms with E-state index in [0.29, 0.717) is 0 Å². The number of furan rings is 1. The van der Waals surface area contributed by atoms with E-state index < -0.39 is 0 Å². The van der Waals surface area contributed by atoms with Crippen molar-refractivity contribution in [3.63, 3.8) is 0 Å². The largest absolute Gasteiger partial charge is 0.456 e. The highest BCUT2D eigenvalue weighted by molar-refractivity contribution is 6.28. The third-order valence-corrected chi connectivity index (χ3v) is 26.0. The summed E-state index contributed by atoms with van der Waals surface area (Å²) in [4.78, 5) is 9.31. The molecule has 0 saturated heterocycles. The number of anilines is 12. The van der Waals surface area contributed by atoms with Crippen LogP contribution in [0.1, 0.15) is 16.7 Å². The van der Waals surface area contributed by atoms with Crippen LogP contribution in [-0.2, 0) is 0 Å². The Hall–Kier alpha value is -17.0. The van der Waals surface area contributed by atoms with Gasteiger partial charge in [-0.3, -0.25) is 0 Å². The minimum atomic E-state index is 0.803. The molecule has 2 aliphatic heterocycles. The van der Waals surface area contributed by atoms with E-state index in [2.05, 4.69) is 483 Å². The lowest BCUT2D eigenvalue weighted by Gasteiger charge is -2.30. The van der Waals surface area contributed by atoms with Crippen LogP contribution in [0.2, 0.25) is 0 Å². The maximum absolute atomic E-state index is 7.07. The number of nitrogens with zero attached hydrogens (tertiary/aromatic N) is 4. The minimum Gasteiger partial charge on any atom is -0.456 e. The molecule has 23 aromatic rings. The number of hydrogen-bond donors (Lipinski definition) is 0. The normalized spacial score (nSPS) is 11.8. The van der Waals surface area contributed by atoms with Crippen molar-refractivity contribution in [3.05, 3.63) is 472 Å². The highest BCUT2D eigenvalue weighted by Gasteiger charge is 2.31. The zero-order valence-electron chi connectivity index (χ0n) is 71.8. The molecule has 0 saturated carbocycles. The van der Waals surface area contributed by atoms with E-state index >= 15 is 0 Å². The van der Waals surface area contributed by atoms with Gasteiger partial charge in [0, 0.05) is 95.9 Å². The van der Waals surface area contributed by atoms with Gasteiger partial charge in [0.1, 0.15) is 28.6 Å². The standard InChI is InChI=1S/C66H42N2O2.C57H42N2O/c1-4-18-43(19-5-1)49-24-12-14-30-60(49)68(61-31-16-29-55-52-27-13-15-32-62(52)70-66(55)61)48-38-39-53-59-42-57-51-26-11-10-25-50(51)56(41-58(57)54-28-17-33-63(65(54)59)69-64(53)40-48)44-34-36-47(37-35-44)67(45-20-6-2-7-21-45)46-22-8-3-9-23-46;1-37-32-38(2)57(39(3)33-37)59(43-20-11-6-12-21-43)45-30-31-48-53-36-51-47-23-14-13-22-46(47)50(35-52(51)49-24-15-25-54(56(49)53)60-55(48)34-45)40-26-28-44(29-27-40)58(41-16-7-4-8-17-41)42-18-9-5-10-19-42/h1-42H;4-36H,1-3H3. The van der Waals surface area contributed by atoms with Crippen molar-refractivity contribution in [3.8, 4) is 78.6 Å². The van der Waals surface area contributed by atoms with Gasteiger partial charge >= 0.3 is 0 Å². The van der Waals surface area contributed by atoms with E-state index in [-0.39, 0.29) is 0 Å². The predicted molar refractivity (Wildman–Crippen MR) is 545 cm³/mol. The zero-order chi connectivity index (χ0) is 86.4. The van der Waals surface area contributed by atoms with E-state index in [4.69, 9.17) is 13.9 Å². The van der Waals surface area contributed by atoms with Crippen LogP contribution in [0.4, 0.5) is 68.2 Å². The smallest absolute Gasteiger partial charge is 0.159 e. The minimum absolute atomic E-state index is 0.803. The predicted octanol–water partition coefficient (Wildman–Crippen LogP) is 35.5. The summed E-state index contributed by atoms with van der Waals surface area (Å²) in [6.07, 6.45) is 0. The fourth-order valence-corrected chi connectivity index (χ4v) is 20.4. The number of ether oxygens (including phenoxy) is 2. The third-order valence-electron chi connectivity index (χ3n) is 26.0. The highest BCUT2D eigenvalue weighted by atomic mass is 16.5. The second-order valence-electron chi connectivity index (χ2n) is 33.9. The molecule has 0 N–H and O–H groups in total. The van der Waals surface area contributed by atoms with Crippen LogP contribution in [0.25, 0.3) is 142 Å². The molecule has 2 aliphatic rings. The summed E-state index contributed by atoms with van der Waals surface area (Å²) in [7, 11) is 0. The Balaban J connectivity index is 0.000000146. The average Bonchev–Trinajstić information content (AvgIpc) is 0.813. The topological polar surface area (TPSA) is 44.6 Å². The molecule has 0 spiro atoms. The molecular formula is C123H84N4O3. The Labute approximate surface area is 754 Å². The Kier molecular flexibility index (Phi) is 18.8. The van der Waals surface area contributed by atoms with E-state index in [0.717, 1.165) is 157 Å². The van der Waals surface area contributed by atoms with Crippen molar-refractivity contribution >= 4 is 155 Å². The first-order chi connectivity index (χ1) is 64.2. The lowest BCUT2D eigenvalue weighted by molar-refractivity contribution is 0.487. The van der Waals surface area contributed by atoms with Crippen molar-refractivity contribution in [2.75, 3.05) is 19.6 Å². The summed E-state index contributed by atoms with van der Waals surface area (Å²) in [6.45, 7) is 6.58. The first kappa shape index (κ1) is 76.6. The van der Waals surface area contributed by atoms with Crippen LogP contribution in [0, 0.1) is 20.8 Å². The molecule has 0 aliphatic carbocycles. The molecule has 0 atom stereocenters. The van der Waals surface area contributed by atoms with Gasteiger partial charge in [0.25, 0.3) is 0 Å². The van der Waals surface area contributed by atoms with Gasteiger partial charge in [0.15, 0.2) is 5.58 Å². The highest BCUT2D eigenvalue weighted by Crippen LogP contribution is 2.57. The summed E-state index contributed by atoms with van der Waals surface area (Å²) in [5, 5.41) is 16.5. The maximum Gasteiger partial charge on any atom is 0.159 e. The van der Waals surface area contributed by atoms with E-state index in [1.165, 1.54) is 93.1 Å². The fourth-order valence-electron chi connectivity index (χ4n) is 20.4. The van der Waals surface area contributed by atoms with Crippen molar-refractivity contribution in [2.24, 2.45) is 0 Å². The van der Waals surface area contributed by atoms with E-state index in [1.807, 2.05) is 12.1 Å². The number of rotatable bonds is 15. The zero-order valence-corrected chi connectivity index (χ0v) is 71.8. The summed E-state index contributed by atoms with van der Waals surface area (Å²) < 4.78 is 20.7. The van der Waals surface area contributed by atoms with Crippen molar-refractivity contribution < 1.29 is 13.9 Å². The molecule has 1 aromatic heterocycles. The number of para-hydroxylation sites is 8. The van der Waals surface area contributed by atoms with Crippen molar-refractivity contribution in [2.45, 2.75) is 20.8 Å². The molecule has 130 heavy (non-hydrogen) atoms. The SMILES string of the molecule is Cc1cc(C)c(N(c2ccccc2)c2ccc3c(c2)Oc2cccc4c2c-3cc2c3ccccc3c(-c3ccc(N(c5ccccc5)c5ccccc5)cc3)cc42)c(C)c1.c1ccc(-c2ccccc2N(c2ccc3c(c2)Oc2cccc4c2c-3cc2c3ccccc3c(-c3ccc(N(c5ccccc5)c5ccccc5)cc3)cc42)c2cccc3c2oc2ccccc23)cc1. The summed E-state index contributed by atoms with van der Waals surface area (Å²) in [5.74, 6) is 3.38. The summed E-state index contributed by atoms with van der Waals surface area (Å²) >= 11 is 0. The molecule has 7 nitrogen and oxygen atoms in total. The first-order valence-corrected chi connectivity index (χ1v) is 44.5. The first-order valence-electron chi connectivity index (χ1n) is 44.5.